The lowest BCUT2D eigenvalue weighted by molar-refractivity contribution is 0.262. The summed E-state index contributed by atoms with van der Waals surface area (Å²) in [4.78, 5) is 21.7. The van der Waals surface area contributed by atoms with Crippen LogP contribution in [0.25, 0.3) is 11.1 Å². The van der Waals surface area contributed by atoms with Crippen LogP contribution in [0.15, 0.2) is 85.2 Å². The Labute approximate surface area is 206 Å². The zero-order chi connectivity index (χ0) is 24.8. The van der Waals surface area contributed by atoms with Crippen LogP contribution in [0.3, 0.4) is 0 Å². The third-order valence-corrected chi connectivity index (χ3v) is 5.75. The molecular formula is C29H31N5O. The third-order valence-electron chi connectivity index (χ3n) is 5.75. The van der Waals surface area contributed by atoms with Crippen LogP contribution in [-0.2, 0) is 0 Å². The number of hydrogen-bond acceptors (Lipinski definition) is 4. The number of pyridine rings is 2. The second-order valence-electron chi connectivity index (χ2n) is 9.05. The summed E-state index contributed by atoms with van der Waals surface area (Å²) < 4.78 is 0. The van der Waals surface area contributed by atoms with Gasteiger partial charge in [-0.25, -0.2) is 14.8 Å². The van der Waals surface area contributed by atoms with Crippen molar-refractivity contribution in [3.63, 3.8) is 0 Å². The van der Waals surface area contributed by atoms with Gasteiger partial charge in [-0.3, -0.25) is 5.32 Å². The molecule has 35 heavy (non-hydrogen) atoms. The molecule has 0 radical (unpaired) electrons. The van der Waals surface area contributed by atoms with Crippen molar-refractivity contribution in [1.82, 2.24) is 9.97 Å². The molecule has 4 rings (SSSR count). The first-order valence-electron chi connectivity index (χ1n) is 11.9. The molecular weight excluding hydrogens is 434 g/mol. The van der Waals surface area contributed by atoms with Crippen molar-refractivity contribution in [2.45, 2.75) is 39.5 Å². The molecule has 3 N–H and O–H groups in total. The van der Waals surface area contributed by atoms with Crippen molar-refractivity contribution in [3.05, 3.63) is 96.3 Å². The molecule has 0 aliphatic rings. The highest BCUT2D eigenvalue weighted by atomic mass is 16.2. The Balaban J connectivity index is 1.52. The first-order chi connectivity index (χ1) is 16.9. The van der Waals surface area contributed by atoms with E-state index in [1.165, 1.54) is 0 Å². The normalized spacial score (nSPS) is 10.9. The van der Waals surface area contributed by atoms with Gasteiger partial charge in [0.25, 0.3) is 0 Å². The summed E-state index contributed by atoms with van der Waals surface area (Å²) in [5.74, 6) is 1.79. The second-order valence-corrected chi connectivity index (χ2v) is 9.05. The molecule has 178 valence electrons. The van der Waals surface area contributed by atoms with Crippen molar-refractivity contribution < 1.29 is 4.79 Å². The van der Waals surface area contributed by atoms with Crippen molar-refractivity contribution >= 4 is 29.0 Å². The molecule has 2 heterocycles. The fraction of sp³-hybridized carbons (Fsp3) is 0.207. The van der Waals surface area contributed by atoms with E-state index in [4.69, 9.17) is 0 Å². The number of para-hydroxylation sites is 2. The molecule has 0 spiro atoms. The van der Waals surface area contributed by atoms with E-state index in [9.17, 15) is 4.79 Å². The van der Waals surface area contributed by atoms with Gasteiger partial charge < -0.3 is 10.6 Å². The molecule has 6 nitrogen and oxygen atoms in total. The van der Waals surface area contributed by atoms with Crippen LogP contribution in [0.1, 0.15) is 50.7 Å². The van der Waals surface area contributed by atoms with E-state index < -0.39 is 0 Å². The van der Waals surface area contributed by atoms with Gasteiger partial charge in [0.2, 0.25) is 0 Å². The van der Waals surface area contributed by atoms with Gasteiger partial charge in [0.05, 0.1) is 0 Å². The highest BCUT2D eigenvalue weighted by Gasteiger charge is 2.16. The minimum absolute atomic E-state index is 0.288. The average molecular weight is 466 g/mol. The lowest BCUT2D eigenvalue weighted by Gasteiger charge is -2.20. The van der Waals surface area contributed by atoms with E-state index >= 15 is 0 Å². The van der Waals surface area contributed by atoms with Crippen molar-refractivity contribution in [2.75, 3.05) is 16.0 Å². The number of rotatable bonds is 7. The SMILES string of the molecule is CC(C)c1cccc(C(C)C)c1NC(=O)Nc1cc(-c2ccnc(Nc3ccccc3)c2)ccn1. The first kappa shape index (κ1) is 24.0. The van der Waals surface area contributed by atoms with Gasteiger partial charge in [-0.1, -0.05) is 64.1 Å². The molecule has 0 unspecified atom stereocenters. The maximum absolute atomic E-state index is 13.0. The molecule has 4 aromatic rings. The molecule has 6 heteroatoms. The van der Waals surface area contributed by atoms with E-state index in [1.54, 1.807) is 12.4 Å². The number of hydrogen-bond donors (Lipinski definition) is 3. The number of carbonyl (C=O) groups excluding carboxylic acids is 1. The number of nitrogens with zero attached hydrogens (tertiary/aromatic N) is 2. The molecule has 0 aliphatic carbocycles. The number of nitrogens with one attached hydrogen (secondary N) is 3. The Morgan fingerprint density at radius 2 is 1.26 bits per heavy atom. The fourth-order valence-electron chi connectivity index (χ4n) is 3.98. The van der Waals surface area contributed by atoms with Crippen molar-refractivity contribution in [2.24, 2.45) is 0 Å². The predicted octanol–water partition coefficient (Wildman–Crippen LogP) is 7.78. The largest absolute Gasteiger partial charge is 0.340 e. The third kappa shape index (κ3) is 6.03. The number of anilines is 4. The van der Waals surface area contributed by atoms with E-state index in [0.717, 1.165) is 39.4 Å². The number of amides is 2. The second kappa shape index (κ2) is 10.8. The maximum atomic E-state index is 13.0. The van der Waals surface area contributed by atoms with Gasteiger partial charge >= 0.3 is 6.03 Å². The van der Waals surface area contributed by atoms with Crippen LogP contribution in [0.4, 0.5) is 27.8 Å². The van der Waals surface area contributed by atoms with Crippen LogP contribution in [0.5, 0.6) is 0 Å². The molecule has 2 aromatic carbocycles. The van der Waals surface area contributed by atoms with Crippen LogP contribution in [0.2, 0.25) is 0 Å². The van der Waals surface area contributed by atoms with Crippen LogP contribution in [-0.4, -0.2) is 16.0 Å². The van der Waals surface area contributed by atoms with E-state index in [2.05, 4.69) is 71.8 Å². The number of aromatic nitrogens is 2. The summed E-state index contributed by atoms with van der Waals surface area (Å²) in [6.45, 7) is 8.51. The zero-order valence-electron chi connectivity index (χ0n) is 20.5. The monoisotopic (exact) mass is 465 g/mol. The Bertz CT molecular complexity index is 1280. The minimum Gasteiger partial charge on any atom is -0.340 e. The topological polar surface area (TPSA) is 78.9 Å². The van der Waals surface area contributed by atoms with Crippen LogP contribution >= 0.6 is 0 Å². The smallest absolute Gasteiger partial charge is 0.324 e. The number of carbonyl (C=O) groups is 1. The zero-order valence-corrected chi connectivity index (χ0v) is 20.5. The molecule has 0 atom stereocenters. The molecule has 0 aliphatic heterocycles. The van der Waals surface area contributed by atoms with Crippen molar-refractivity contribution in [3.8, 4) is 11.1 Å². The molecule has 2 amide bonds. The number of benzene rings is 2. The molecule has 0 saturated heterocycles. The van der Waals surface area contributed by atoms with Crippen LogP contribution < -0.4 is 16.0 Å². The summed E-state index contributed by atoms with van der Waals surface area (Å²) >= 11 is 0. The fourth-order valence-corrected chi connectivity index (χ4v) is 3.98. The Kier molecular flexibility index (Phi) is 7.41. The lowest BCUT2D eigenvalue weighted by Crippen LogP contribution is -2.22. The van der Waals surface area contributed by atoms with Gasteiger partial charge in [0.1, 0.15) is 11.6 Å². The average Bonchev–Trinajstić information content (AvgIpc) is 2.85. The lowest BCUT2D eigenvalue weighted by atomic mass is 9.93. The Morgan fingerprint density at radius 1 is 0.686 bits per heavy atom. The minimum atomic E-state index is -0.314. The van der Waals surface area contributed by atoms with Gasteiger partial charge in [-0.05, 0) is 70.5 Å². The summed E-state index contributed by atoms with van der Waals surface area (Å²) in [7, 11) is 0. The van der Waals surface area contributed by atoms with E-state index in [1.807, 2.05) is 54.6 Å². The quantitative estimate of drug-likeness (QED) is 0.260. The molecule has 0 fully saturated rings. The Hall–Kier alpha value is -4.19. The Morgan fingerprint density at radius 3 is 1.86 bits per heavy atom. The maximum Gasteiger partial charge on any atom is 0.324 e. The van der Waals surface area contributed by atoms with E-state index in [-0.39, 0.29) is 17.9 Å². The van der Waals surface area contributed by atoms with Crippen LogP contribution in [0, 0.1) is 0 Å². The standard InChI is InChI=1S/C29H31N5O/c1-19(2)24-11-8-12-25(20(3)4)28(24)34-29(35)33-27-18-22(14-16-31-27)21-13-15-30-26(17-21)32-23-9-6-5-7-10-23/h5-20H,1-4H3,(H,30,32)(H2,31,33,34,35). The first-order valence-corrected chi connectivity index (χ1v) is 11.9. The highest BCUT2D eigenvalue weighted by Crippen LogP contribution is 2.32. The van der Waals surface area contributed by atoms with E-state index in [0.29, 0.717) is 5.82 Å². The molecule has 0 saturated carbocycles. The van der Waals surface area contributed by atoms with Gasteiger partial charge in [0.15, 0.2) is 0 Å². The van der Waals surface area contributed by atoms with Gasteiger partial charge in [0, 0.05) is 23.8 Å². The van der Waals surface area contributed by atoms with Gasteiger partial charge in [-0.15, -0.1) is 0 Å². The van der Waals surface area contributed by atoms with Crippen molar-refractivity contribution in [1.29, 1.82) is 0 Å². The highest BCUT2D eigenvalue weighted by molar-refractivity contribution is 6.00. The summed E-state index contributed by atoms with van der Waals surface area (Å²) in [5.41, 5.74) is 5.97. The molecule has 2 aromatic heterocycles. The predicted molar refractivity (Wildman–Crippen MR) is 144 cm³/mol. The summed E-state index contributed by atoms with van der Waals surface area (Å²) in [6, 6.07) is 23.4. The molecule has 0 bridgehead atoms. The summed E-state index contributed by atoms with van der Waals surface area (Å²) in [5, 5.41) is 9.28. The summed E-state index contributed by atoms with van der Waals surface area (Å²) in [6.07, 6.45) is 3.45. The van der Waals surface area contributed by atoms with Gasteiger partial charge in [-0.2, -0.15) is 0 Å². The number of urea groups is 1.